The first-order valence-electron chi connectivity index (χ1n) is 9.48. The molecule has 6 nitrogen and oxygen atoms in total. The number of fused-ring (bicyclic) bond motifs is 1. The van der Waals surface area contributed by atoms with Gasteiger partial charge in [-0.3, -0.25) is 9.69 Å². The largest absolute Gasteiger partial charge is 0.389 e. The van der Waals surface area contributed by atoms with E-state index in [4.69, 9.17) is 9.47 Å². The Bertz CT molecular complexity index is 582. The highest BCUT2D eigenvalue weighted by molar-refractivity contribution is 5.76. The number of β-amino-alcohol motifs (C(OH)–C–C–N with tert-alkyl or cyclic N) is 1. The maximum Gasteiger partial charge on any atom is 0.223 e. The van der Waals surface area contributed by atoms with E-state index in [-0.39, 0.29) is 30.2 Å². The number of ether oxygens (including phenoxy) is 2. The van der Waals surface area contributed by atoms with Crippen LogP contribution in [0, 0.1) is 0 Å². The highest BCUT2D eigenvalue weighted by Gasteiger charge is 2.36. The quantitative estimate of drug-likeness (QED) is 0.849. The van der Waals surface area contributed by atoms with Gasteiger partial charge in [-0.15, -0.1) is 0 Å². The fourth-order valence-corrected chi connectivity index (χ4v) is 3.93. The zero-order valence-electron chi connectivity index (χ0n) is 15.6. The van der Waals surface area contributed by atoms with E-state index in [1.54, 1.807) is 0 Å². The van der Waals surface area contributed by atoms with Crippen LogP contribution in [0.15, 0.2) is 30.3 Å². The van der Waals surface area contributed by atoms with E-state index < -0.39 is 6.10 Å². The lowest BCUT2D eigenvalue weighted by molar-refractivity contribution is -0.153. The van der Waals surface area contributed by atoms with Crippen molar-refractivity contribution in [1.82, 2.24) is 10.2 Å². The van der Waals surface area contributed by atoms with Crippen molar-refractivity contribution in [2.45, 2.75) is 56.6 Å². The minimum Gasteiger partial charge on any atom is -0.389 e. The average molecular weight is 362 g/mol. The van der Waals surface area contributed by atoms with Gasteiger partial charge < -0.3 is 19.9 Å². The van der Waals surface area contributed by atoms with Crippen LogP contribution in [0.25, 0.3) is 0 Å². The van der Waals surface area contributed by atoms with Crippen LogP contribution in [-0.2, 0) is 14.3 Å². The Balaban J connectivity index is 1.51. The number of carbonyl (C=O) groups excluding carboxylic acids is 1. The summed E-state index contributed by atoms with van der Waals surface area (Å²) < 4.78 is 11.8. The summed E-state index contributed by atoms with van der Waals surface area (Å²) in [6.45, 7) is 3.37. The molecule has 2 fully saturated rings. The lowest BCUT2D eigenvalue weighted by Crippen LogP contribution is -2.54. The summed E-state index contributed by atoms with van der Waals surface area (Å²) in [7, 11) is 2.02. The van der Waals surface area contributed by atoms with Gasteiger partial charge in [-0.2, -0.15) is 0 Å². The molecule has 0 saturated carbocycles. The van der Waals surface area contributed by atoms with Gasteiger partial charge in [-0.25, -0.2) is 0 Å². The van der Waals surface area contributed by atoms with Gasteiger partial charge in [0.25, 0.3) is 0 Å². The summed E-state index contributed by atoms with van der Waals surface area (Å²) in [6, 6.07) is 10.2. The van der Waals surface area contributed by atoms with Gasteiger partial charge in [0.15, 0.2) is 0 Å². The van der Waals surface area contributed by atoms with Gasteiger partial charge in [0.2, 0.25) is 5.91 Å². The number of nitrogens with zero attached hydrogens (tertiary/aromatic N) is 1. The molecule has 1 aromatic rings. The van der Waals surface area contributed by atoms with E-state index in [0.717, 1.165) is 18.4 Å². The number of likely N-dealkylation sites (N-methyl/N-ethyl adjacent to an activating group) is 1. The fraction of sp³-hybridized carbons (Fsp3) is 0.650. The summed E-state index contributed by atoms with van der Waals surface area (Å²) in [5.41, 5.74) is 1.10. The first-order valence-corrected chi connectivity index (χ1v) is 9.48. The molecule has 2 saturated heterocycles. The predicted molar refractivity (Wildman–Crippen MR) is 98.8 cm³/mol. The molecular formula is C20H30N2O4. The van der Waals surface area contributed by atoms with Crippen molar-refractivity contribution >= 4 is 5.91 Å². The Hall–Kier alpha value is -1.47. The van der Waals surface area contributed by atoms with Gasteiger partial charge in [-0.1, -0.05) is 30.3 Å². The third-order valence-electron chi connectivity index (χ3n) is 5.33. The number of nitrogens with one attached hydrogen (secondary N) is 1. The molecule has 2 aliphatic rings. The molecule has 2 heterocycles. The van der Waals surface area contributed by atoms with Crippen molar-refractivity contribution in [2.24, 2.45) is 0 Å². The predicted octanol–water partition coefficient (Wildman–Crippen LogP) is 1.49. The molecule has 0 unspecified atom stereocenters. The maximum atomic E-state index is 12.4. The lowest BCUT2D eigenvalue weighted by Gasteiger charge is -2.43. The molecule has 1 amide bonds. The van der Waals surface area contributed by atoms with Crippen molar-refractivity contribution in [3.05, 3.63) is 35.9 Å². The average Bonchev–Trinajstić information content (AvgIpc) is 2.61. The molecule has 1 aromatic carbocycles. The van der Waals surface area contributed by atoms with Gasteiger partial charge in [0, 0.05) is 12.6 Å². The molecule has 3 rings (SSSR count). The number of aliphatic hydroxyl groups excluding tert-OH is 1. The van der Waals surface area contributed by atoms with E-state index in [9.17, 15) is 9.90 Å². The number of carbonyl (C=O) groups is 1. The van der Waals surface area contributed by atoms with Gasteiger partial charge in [-0.05, 0) is 32.4 Å². The summed E-state index contributed by atoms with van der Waals surface area (Å²) in [5.74, 6) is 0.0142. The highest BCUT2D eigenvalue weighted by Crippen LogP contribution is 2.27. The normalized spacial score (nSPS) is 31.3. The zero-order chi connectivity index (χ0) is 18.5. The monoisotopic (exact) mass is 362 g/mol. The van der Waals surface area contributed by atoms with Crippen LogP contribution in [0.5, 0.6) is 0 Å². The van der Waals surface area contributed by atoms with Crippen LogP contribution >= 0.6 is 0 Å². The second-order valence-electron chi connectivity index (χ2n) is 7.48. The van der Waals surface area contributed by atoms with E-state index >= 15 is 0 Å². The SMILES string of the molecule is C[C@@H](NC(=O)C[C@H]1CC[C@H]2[C@@H](COC[C@H](O)CN2C)O1)c1ccccc1. The molecule has 2 N–H and O–H groups in total. The van der Waals surface area contributed by atoms with E-state index in [1.165, 1.54) is 0 Å². The molecule has 5 atom stereocenters. The molecule has 0 aliphatic carbocycles. The Labute approximate surface area is 155 Å². The number of amides is 1. The van der Waals surface area contributed by atoms with E-state index in [2.05, 4.69) is 10.2 Å². The summed E-state index contributed by atoms with van der Waals surface area (Å²) >= 11 is 0. The smallest absolute Gasteiger partial charge is 0.223 e. The topological polar surface area (TPSA) is 71.0 Å². The second-order valence-corrected chi connectivity index (χ2v) is 7.48. The number of hydrogen-bond donors (Lipinski definition) is 2. The number of hydrogen-bond acceptors (Lipinski definition) is 5. The molecule has 0 bridgehead atoms. The Morgan fingerprint density at radius 2 is 2.08 bits per heavy atom. The Morgan fingerprint density at radius 1 is 1.31 bits per heavy atom. The number of benzene rings is 1. The number of rotatable bonds is 4. The first kappa shape index (κ1) is 19.3. The molecule has 6 heteroatoms. The lowest BCUT2D eigenvalue weighted by atomic mass is 9.95. The molecule has 0 radical (unpaired) electrons. The molecule has 26 heavy (non-hydrogen) atoms. The first-order chi connectivity index (χ1) is 12.5. The zero-order valence-corrected chi connectivity index (χ0v) is 15.6. The number of aliphatic hydroxyl groups is 1. The molecular weight excluding hydrogens is 332 g/mol. The van der Waals surface area contributed by atoms with Crippen molar-refractivity contribution in [1.29, 1.82) is 0 Å². The van der Waals surface area contributed by atoms with Crippen LogP contribution in [0.4, 0.5) is 0 Å². The fourth-order valence-electron chi connectivity index (χ4n) is 3.93. The minimum absolute atomic E-state index is 0.0142. The van der Waals surface area contributed by atoms with Crippen LogP contribution in [0.3, 0.4) is 0 Å². The second kappa shape index (κ2) is 8.95. The van der Waals surface area contributed by atoms with Gasteiger partial charge in [0.1, 0.15) is 0 Å². The van der Waals surface area contributed by atoms with Gasteiger partial charge >= 0.3 is 0 Å². The van der Waals surface area contributed by atoms with Crippen molar-refractivity contribution < 1.29 is 19.4 Å². The van der Waals surface area contributed by atoms with Crippen molar-refractivity contribution in [3.8, 4) is 0 Å². The van der Waals surface area contributed by atoms with Gasteiger partial charge in [0.05, 0.1) is 44.0 Å². The van der Waals surface area contributed by atoms with Crippen LogP contribution in [0.1, 0.15) is 37.8 Å². The summed E-state index contributed by atoms with van der Waals surface area (Å²) in [4.78, 5) is 14.6. The van der Waals surface area contributed by atoms with Crippen molar-refractivity contribution in [2.75, 3.05) is 26.8 Å². The summed E-state index contributed by atoms with van der Waals surface area (Å²) in [6.07, 6.45) is 1.57. The highest BCUT2D eigenvalue weighted by atomic mass is 16.5. The summed E-state index contributed by atoms with van der Waals surface area (Å²) in [5, 5.41) is 12.9. The van der Waals surface area contributed by atoms with E-state index in [1.807, 2.05) is 44.3 Å². The minimum atomic E-state index is -0.455. The molecule has 0 aromatic heterocycles. The Kier molecular flexibility index (Phi) is 6.64. The third-order valence-corrected chi connectivity index (χ3v) is 5.33. The molecule has 2 aliphatic heterocycles. The molecule has 144 valence electrons. The van der Waals surface area contributed by atoms with Crippen LogP contribution in [-0.4, -0.2) is 67.1 Å². The van der Waals surface area contributed by atoms with Crippen molar-refractivity contribution in [3.63, 3.8) is 0 Å². The standard InChI is InChI=1S/C20H30N2O4/c1-14(15-6-4-3-5-7-15)21-20(24)10-17-8-9-18-19(26-17)13-25-12-16(23)11-22(18)2/h3-7,14,16-19,23H,8-13H2,1-2H3,(H,21,24)/t14-,16-,17-,18+,19-/m1/s1. The van der Waals surface area contributed by atoms with Crippen LogP contribution < -0.4 is 5.32 Å². The van der Waals surface area contributed by atoms with E-state index in [0.29, 0.717) is 26.2 Å². The third kappa shape index (κ3) is 5.04. The molecule has 0 spiro atoms. The van der Waals surface area contributed by atoms with Crippen LogP contribution in [0.2, 0.25) is 0 Å². The Morgan fingerprint density at radius 3 is 2.85 bits per heavy atom. The maximum absolute atomic E-state index is 12.4.